The Labute approximate surface area is 188 Å². The summed E-state index contributed by atoms with van der Waals surface area (Å²) in [6, 6.07) is 25.6. The zero-order chi connectivity index (χ0) is 21.2. The van der Waals surface area contributed by atoms with Gasteiger partial charge in [0.2, 0.25) is 0 Å². The molecule has 0 aliphatic rings. The number of amides is 1. The second-order valence-corrected chi connectivity index (χ2v) is 8.44. The molecule has 5 rings (SSSR count). The van der Waals surface area contributed by atoms with Gasteiger partial charge in [-0.1, -0.05) is 72.3 Å². The van der Waals surface area contributed by atoms with Gasteiger partial charge in [-0.05, 0) is 23.8 Å². The number of rotatable bonds is 5. The van der Waals surface area contributed by atoms with E-state index < -0.39 is 0 Å². The number of halogens is 1. The van der Waals surface area contributed by atoms with E-state index in [2.05, 4.69) is 33.9 Å². The summed E-state index contributed by atoms with van der Waals surface area (Å²) in [6.45, 7) is 0.423. The van der Waals surface area contributed by atoms with Crippen LogP contribution in [0.2, 0.25) is 5.02 Å². The summed E-state index contributed by atoms with van der Waals surface area (Å²) in [4.78, 5) is 20.5. The van der Waals surface area contributed by atoms with E-state index in [1.807, 2.05) is 54.6 Å². The number of hydrogen-bond acceptors (Lipinski definition) is 3. The standard InChI is InChI=1S/C25H18ClN3OS/c26-20-11-5-9-18-13-21(28-23(18)20)24(30)27-14-16-6-4-10-19(12-16)25-29-22(15-31-25)17-7-2-1-3-8-17/h1-13,15,28H,14H2,(H,27,30). The second kappa shape index (κ2) is 8.38. The molecular weight excluding hydrogens is 426 g/mol. The fourth-order valence-corrected chi connectivity index (χ4v) is 4.54. The van der Waals surface area contributed by atoms with Gasteiger partial charge in [-0.2, -0.15) is 0 Å². The quantitative estimate of drug-likeness (QED) is 0.324. The smallest absolute Gasteiger partial charge is 0.267 e. The van der Waals surface area contributed by atoms with E-state index in [1.54, 1.807) is 17.4 Å². The van der Waals surface area contributed by atoms with Crippen LogP contribution in [0.5, 0.6) is 0 Å². The lowest BCUT2D eigenvalue weighted by Gasteiger charge is -2.06. The van der Waals surface area contributed by atoms with Gasteiger partial charge in [0.15, 0.2) is 0 Å². The van der Waals surface area contributed by atoms with E-state index >= 15 is 0 Å². The van der Waals surface area contributed by atoms with E-state index in [9.17, 15) is 4.79 Å². The Balaban J connectivity index is 1.31. The van der Waals surface area contributed by atoms with Gasteiger partial charge < -0.3 is 10.3 Å². The minimum absolute atomic E-state index is 0.168. The molecule has 0 aliphatic carbocycles. The maximum atomic E-state index is 12.6. The van der Waals surface area contributed by atoms with Gasteiger partial charge in [0.1, 0.15) is 10.7 Å². The van der Waals surface area contributed by atoms with Gasteiger partial charge in [-0.3, -0.25) is 4.79 Å². The lowest BCUT2D eigenvalue weighted by molar-refractivity contribution is 0.0947. The van der Waals surface area contributed by atoms with Gasteiger partial charge in [0.25, 0.3) is 5.91 Å². The molecule has 2 N–H and O–H groups in total. The molecule has 0 bridgehead atoms. The van der Waals surface area contributed by atoms with Crippen molar-refractivity contribution in [3.63, 3.8) is 0 Å². The molecule has 31 heavy (non-hydrogen) atoms. The number of aromatic nitrogens is 2. The first kappa shape index (κ1) is 19.5. The summed E-state index contributed by atoms with van der Waals surface area (Å²) >= 11 is 7.81. The van der Waals surface area contributed by atoms with Crippen molar-refractivity contribution in [2.75, 3.05) is 0 Å². The molecule has 0 atom stereocenters. The third-order valence-corrected chi connectivity index (χ3v) is 6.26. The van der Waals surface area contributed by atoms with Crippen molar-refractivity contribution in [1.29, 1.82) is 0 Å². The predicted molar refractivity (Wildman–Crippen MR) is 127 cm³/mol. The normalized spacial score (nSPS) is 11.0. The van der Waals surface area contributed by atoms with E-state index in [-0.39, 0.29) is 5.91 Å². The Morgan fingerprint density at radius 2 is 1.77 bits per heavy atom. The minimum atomic E-state index is -0.168. The highest BCUT2D eigenvalue weighted by atomic mass is 35.5. The van der Waals surface area contributed by atoms with Crippen molar-refractivity contribution >= 4 is 39.7 Å². The average Bonchev–Trinajstić information content (AvgIpc) is 3.47. The third kappa shape index (κ3) is 4.10. The van der Waals surface area contributed by atoms with Crippen LogP contribution in [-0.2, 0) is 6.54 Å². The molecule has 5 aromatic rings. The number of hydrogen-bond donors (Lipinski definition) is 2. The number of carbonyl (C=O) groups is 1. The first-order valence-corrected chi connectivity index (χ1v) is 11.1. The van der Waals surface area contributed by atoms with Crippen LogP contribution in [-0.4, -0.2) is 15.9 Å². The Bertz CT molecular complexity index is 1370. The molecule has 1 amide bonds. The summed E-state index contributed by atoms with van der Waals surface area (Å²) in [5.74, 6) is -0.168. The van der Waals surface area contributed by atoms with Crippen LogP contribution in [0.15, 0.2) is 84.2 Å². The van der Waals surface area contributed by atoms with Crippen molar-refractivity contribution < 1.29 is 4.79 Å². The molecule has 0 saturated heterocycles. The molecule has 0 fully saturated rings. The number of fused-ring (bicyclic) bond motifs is 1. The number of nitrogens with one attached hydrogen (secondary N) is 2. The van der Waals surface area contributed by atoms with Crippen LogP contribution >= 0.6 is 22.9 Å². The monoisotopic (exact) mass is 443 g/mol. The largest absolute Gasteiger partial charge is 0.349 e. The zero-order valence-corrected chi connectivity index (χ0v) is 18.0. The molecule has 0 radical (unpaired) electrons. The number of benzene rings is 3. The number of thiazole rings is 1. The van der Waals surface area contributed by atoms with Gasteiger partial charge >= 0.3 is 0 Å². The van der Waals surface area contributed by atoms with Crippen LogP contribution in [0.4, 0.5) is 0 Å². The topological polar surface area (TPSA) is 57.8 Å². The van der Waals surface area contributed by atoms with E-state index in [0.29, 0.717) is 17.3 Å². The maximum absolute atomic E-state index is 12.6. The van der Waals surface area contributed by atoms with E-state index in [4.69, 9.17) is 16.6 Å². The van der Waals surface area contributed by atoms with Crippen LogP contribution in [0, 0.1) is 0 Å². The van der Waals surface area contributed by atoms with E-state index in [0.717, 1.165) is 38.3 Å². The molecule has 152 valence electrons. The minimum Gasteiger partial charge on any atom is -0.349 e. The molecule has 0 unspecified atom stereocenters. The maximum Gasteiger partial charge on any atom is 0.267 e. The van der Waals surface area contributed by atoms with Crippen LogP contribution < -0.4 is 5.32 Å². The SMILES string of the molecule is O=C(NCc1cccc(-c2nc(-c3ccccc3)cs2)c1)c1cc2cccc(Cl)c2[nH]1. The highest BCUT2D eigenvalue weighted by Gasteiger charge is 2.12. The number of nitrogens with zero attached hydrogens (tertiary/aromatic N) is 1. The highest BCUT2D eigenvalue weighted by molar-refractivity contribution is 7.13. The lowest BCUT2D eigenvalue weighted by atomic mass is 10.1. The molecule has 2 aromatic heterocycles. The number of aromatic amines is 1. The van der Waals surface area contributed by atoms with Crippen molar-refractivity contribution in [3.8, 4) is 21.8 Å². The second-order valence-electron chi connectivity index (χ2n) is 7.17. The van der Waals surface area contributed by atoms with Crippen molar-refractivity contribution in [2.45, 2.75) is 6.54 Å². The molecule has 6 heteroatoms. The molecule has 0 saturated carbocycles. The Kier molecular flexibility index (Phi) is 5.28. The first-order valence-electron chi connectivity index (χ1n) is 9.83. The Morgan fingerprint density at radius 3 is 2.61 bits per heavy atom. The van der Waals surface area contributed by atoms with Gasteiger partial charge in [0, 0.05) is 28.4 Å². The summed E-state index contributed by atoms with van der Waals surface area (Å²) in [7, 11) is 0. The molecular formula is C25H18ClN3OS. The Hall–Kier alpha value is -3.41. The van der Waals surface area contributed by atoms with Crippen molar-refractivity contribution in [3.05, 3.63) is 101 Å². The Morgan fingerprint density at radius 1 is 0.968 bits per heavy atom. The summed E-state index contributed by atoms with van der Waals surface area (Å²) < 4.78 is 0. The lowest BCUT2D eigenvalue weighted by Crippen LogP contribution is -2.23. The molecule has 0 aliphatic heterocycles. The first-order chi connectivity index (χ1) is 15.2. The zero-order valence-electron chi connectivity index (χ0n) is 16.4. The van der Waals surface area contributed by atoms with Crippen LogP contribution in [0.3, 0.4) is 0 Å². The summed E-state index contributed by atoms with van der Waals surface area (Å²) in [5, 5.41) is 7.51. The fourth-order valence-electron chi connectivity index (χ4n) is 3.48. The molecule has 4 nitrogen and oxygen atoms in total. The van der Waals surface area contributed by atoms with Gasteiger partial charge in [-0.15, -0.1) is 11.3 Å². The number of H-pyrrole nitrogens is 1. The van der Waals surface area contributed by atoms with Gasteiger partial charge in [0.05, 0.1) is 16.2 Å². The fraction of sp³-hybridized carbons (Fsp3) is 0.0400. The predicted octanol–water partition coefficient (Wildman–Crippen LogP) is 6.54. The molecule has 0 spiro atoms. The molecule has 3 aromatic carbocycles. The average molecular weight is 444 g/mol. The van der Waals surface area contributed by atoms with Crippen LogP contribution in [0.1, 0.15) is 16.1 Å². The number of carbonyl (C=O) groups excluding carboxylic acids is 1. The third-order valence-electron chi connectivity index (χ3n) is 5.05. The van der Waals surface area contributed by atoms with Crippen LogP contribution in [0.25, 0.3) is 32.7 Å². The molecule has 2 heterocycles. The highest BCUT2D eigenvalue weighted by Crippen LogP contribution is 2.29. The van der Waals surface area contributed by atoms with Crippen molar-refractivity contribution in [2.24, 2.45) is 0 Å². The van der Waals surface area contributed by atoms with E-state index in [1.165, 1.54) is 0 Å². The van der Waals surface area contributed by atoms with Crippen molar-refractivity contribution in [1.82, 2.24) is 15.3 Å². The number of para-hydroxylation sites is 1. The summed E-state index contributed by atoms with van der Waals surface area (Å²) in [6.07, 6.45) is 0. The van der Waals surface area contributed by atoms with Gasteiger partial charge in [-0.25, -0.2) is 4.98 Å². The summed E-state index contributed by atoms with van der Waals surface area (Å²) in [5.41, 5.74) is 5.39.